The number of hydrogen-bond acceptors (Lipinski definition) is 5. The Bertz CT molecular complexity index is 776. The van der Waals surface area contributed by atoms with E-state index >= 15 is 0 Å². The van der Waals surface area contributed by atoms with Crippen molar-refractivity contribution in [3.63, 3.8) is 0 Å². The van der Waals surface area contributed by atoms with Gasteiger partial charge in [0.1, 0.15) is 9.88 Å². The normalized spacial score (nSPS) is 10.8. The molecule has 0 fully saturated rings. The lowest BCUT2D eigenvalue weighted by atomic mass is 10.2. The van der Waals surface area contributed by atoms with Gasteiger partial charge in [0, 0.05) is 21.2 Å². The number of nitrogens with one attached hydrogen (secondary N) is 1. The van der Waals surface area contributed by atoms with E-state index in [1.807, 2.05) is 31.2 Å². The summed E-state index contributed by atoms with van der Waals surface area (Å²) in [4.78, 5) is 18.1. The van der Waals surface area contributed by atoms with Gasteiger partial charge >= 0.3 is 0 Å². The van der Waals surface area contributed by atoms with Crippen molar-refractivity contribution >= 4 is 44.4 Å². The molecule has 0 aliphatic heterocycles. The minimum absolute atomic E-state index is 0.142. The molecular weight excluding hydrogens is 290 g/mol. The molecule has 3 N–H and O–H groups in total. The molecule has 0 saturated heterocycles. The first kappa shape index (κ1) is 13.1. The Morgan fingerprint density at radius 3 is 2.85 bits per heavy atom. The number of amides is 1. The highest BCUT2D eigenvalue weighted by Crippen LogP contribution is 2.33. The maximum atomic E-state index is 12.2. The zero-order chi connectivity index (χ0) is 14.1. The van der Waals surface area contributed by atoms with Crippen molar-refractivity contribution in [3.05, 3.63) is 45.2 Å². The topological polar surface area (TPSA) is 68.0 Å². The van der Waals surface area contributed by atoms with Crippen LogP contribution in [0.3, 0.4) is 0 Å². The molecule has 102 valence electrons. The summed E-state index contributed by atoms with van der Waals surface area (Å²) in [6.45, 7) is 2.43. The predicted octanol–water partition coefficient (Wildman–Crippen LogP) is 3.18. The number of hydrogen-bond donors (Lipinski definition) is 2. The predicted molar refractivity (Wildman–Crippen MR) is 84.3 cm³/mol. The Morgan fingerprint density at radius 2 is 2.15 bits per heavy atom. The van der Waals surface area contributed by atoms with Crippen molar-refractivity contribution in [2.24, 2.45) is 0 Å². The molecule has 2 aromatic heterocycles. The SMILES string of the molecule is Cc1cnc(CNC(=O)c2sc3ccccc3c2N)s1. The Balaban J connectivity index is 1.80. The van der Waals surface area contributed by atoms with Crippen molar-refractivity contribution in [2.45, 2.75) is 13.5 Å². The van der Waals surface area contributed by atoms with Gasteiger partial charge in [-0.05, 0) is 13.0 Å². The molecule has 0 bridgehead atoms. The average molecular weight is 303 g/mol. The summed E-state index contributed by atoms with van der Waals surface area (Å²) in [7, 11) is 0. The second kappa shape index (κ2) is 5.22. The number of carbonyl (C=O) groups is 1. The smallest absolute Gasteiger partial charge is 0.263 e. The van der Waals surface area contributed by atoms with Gasteiger partial charge in [-0.2, -0.15) is 0 Å². The summed E-state index contributed by atoms with van der Waals surface area (Å²) in [5, 5.41) is 4.71. The Morgan fingerprint density at radius 1 is 1.35 bits per heavy atom. The second-order valence-electron chi connectivity index (χ2n) is 4.39. The molecule has 0 saturated carbocycles. The highest BCUT2D eigenvalue weighted by molar-refractivity contribution is 7.21. The third kappa shape index (κ3) is 2.39. The van der Waals surface area contributed by atoms with Gasteiger partial charge in [-0.15, -0.1) is 22.7 Å². The number of aryl methyl sites for hydroxylation is 1. The van der Waals surface area contributed by atoms with E-state index in [1.165, 1.54) is 11.3 Å². The van der Waals surface area contributed by atoms with Crippen molar-refractivity contribution < 1.29 is 4.79 Å². The van der Waals surface area contributed by atoms with Gasteiger partial charge in [0.25, 0.3) is 5.91 Å². The average Bonchev–Trinajstić information content (AvgIpc) is 3.01. The van der Waals surface area contributed by atoms with Crippen LogP contribution in [0.5, 0.6) is 0 Å². The van der Waals surface area contributed by atoms with Crippen LogP contribution in [0, 0.1) is 6.92 Å². The standard InChI is InChI=1S/C14H13N3OS2/c1-8-6-16-11(19-8)7-17-14(18)13-12(15)9-4-2-3-5-10(9)20-13/h2-6H,7,15H2,1H3,(H,17,18). The van der Waals surface area contributed by atoms with Crippen LogP contribution in [0.2, 0.25) is 0 Å². The van der Waals surface area contributed by atoms with Crippen LogP contribution in [-0.2, 0) is 6.54 Å². The van der Waals surface area contributed by atoms with E-state index < -0.39 is 0 Å². The first-order valence-corrected chi connectivity index (χ1v) is 7.75. The van der Waals surface area contributed by atoms with Crippen LogP contribution >= 0.6 is 22.7 Å². The summed E-state index contributed by atoms with van der Waals surface area (Å²) < 4.78 is 1.03. The molecule has 3 rings (SSSR count). The summed E-state index contributed by atoms with van der Waals surface area (Å²) in [5.74, 6) is -0.142. The molecule has 0 aliphatic carbocycles. The highest BCUT2D eigenvalue weighted by atomic mass is 32.1. The first-order chi connectivity index (χ1) is 9.65. The van der Waals surface area contributed by atoms with E-state index in [4.69, 9.17) is 5.73 Å². The van der Waals surface area contributed by atoms with Gasteiger partial charge < -0.3 is 11.1 Å². The van der Waals surface area contributed by atoms with Crippen LogP contribution in [0.1, 0.15) is 19.6 Å². The minimum atomic E-state index is -0.142. The molecular formula is C14H13N3OS2. The number of nitrogen functional groups attached to an aromatic ring is 1. The van der Waals surface area contributed by atoms with Gasteiger partial charge in [0.05, 0.1) is 12.2 Å². The molecule has 4 nitrogen and oxygen atoms in total. The number of benzene rings is 1. The Kier molecular flexibility index (Phi) is 3.42. The Hall–Kier alpha value is -1.92. The second-order valence-corrected chi connectivity index (χ2v) is 6.76. The van der Waals surface area contributed by atoms with Crippen molar-refractivity contribution in [2.75, 3.05) is 5.73 Å². The quantitative estimate of drug-likeness (QED) is 0.781. The summed E-state index contributed by atoms with van der Waals surface area (Å²) in [6, 6.07) is 7.77. The molecule has 0 aliphatic rings. The molecule has 1 aromatic carbocycles. The summed E-state index contributed by atoms with van der Waals surface area (Å²) in [5.41, 5.74) is 6.60. The molecule has 0 radical (unpaired) electrons. The van der Waals surface area contributed by atoms with Gasteiger partial charge in [0.15, 0.2) is 0 Å². The maximum Gasteiger partial charge on any atom is 0.263 e. The number of nitrogens with two attached hydrogens (primary N) is 1. The lowest BCUT2D eigenvalue weighted by molar-refractivity contribution is 0.0956. The van der Waals surface area contributed by atoms with Crippen molar-refractivity contribution in [1.29, 1.82) is 0 Å². The fraction of sp³-hybridized carbons (Fsp3) is 0.143. The van der Waals surface area contributed by atoms with Crippen molar-refractivity contribution in [1.82, 2.24) is 10.3 Å². The first-order valence-electron chi connectivity index (χ1n) is 6.11. The van der Waals surface area contributed by atoms with E-state index in [2.05, 4.69) is 10.3 Å². The van der Waals surface area contributed by atoms with Gasteiger partial charge in [-0.25, -0.2) is 4.98 Å². The molecule has 0 atom stereocenters. The number of rotatable bonds is 3. The minimum Gasteiger partial charge on any atom is -0.397 e. The van der Waals surface area contributed by atoms with E-state index in [-0.39, 0.29) is 5.91 Å². The van der Waals surface area contributed by atoms with Gasteiger partial charge in [-0.1, -0.05) is 18.2 Å². The summed E-state index contributed by atoms with van der Waals surface area (Å²) in [6.07, 6.45) is 1.81. The van der Waals surface area contributed by atoms with Crippen LogP contribution in [0.4, 0.5) is 5.69 Å². The molecule has 0 unspecified atom stereocenters. The maximum absolute atomic E-state index is 12.2. The molecule has 2 heterocycles. The fourth-order valence-electron chi connectivity index (χ4n) is 1.95. The number of carbonyl (C=O) groups excluding carboxylic acids is 1. The van der Waals surface area contributed by atoms with E-state index in [9.17, 15) is 4.79 Å². The third-order valence-corrected chi connectivity index (χ3v) is 5.01. The van der Waals surface area contributed by atoms with Crippen LogP contribution in [0.25, 0.3) is 10.1 Å². The number of anilines is 1. The monoisotopic (exact) mass is 303 g/mol. The third-order valence-electron chi connectivity index (χ3n) is 2.91. The number of aromatic nitrogens is 1. The number of nitrogens with zero attached hydrogens (tertiary/aromatic N) is 1. The van der Waals surface area contributed by atoms with Crippen LogP contribution in [-0.4, -0.2) is 10.9 Å². The fourth-order valence-corrected chi connectivity index (χ4v) is 3.72. The molecule has 6 heteroatoms. The van der Waals surface area contributed by atoms with Crippen LogP contribution < -0.4 is 11.1 Å². The zero-order valence-electron chi connectivity index (χ0n) is 10.8. The zero-order valence-corrected chi connectivity index (χ0v) is 12.5. The molecule has 20 heavy (non-hydrogen) atoms. The largest absolute Gasteiger partial charge is 0.397 e. The van der Waals surface area contributed by atoms with Crippen LogP contribution in [0.15, 0.2) is 30.5 Å². The lowest BCUT2D eigenvalue weighted by Gasteiger charge is -2.01. The molecule has 1 amide bonds. The summed E-state index contributed by atoms with van der Waals surface area (Å²) >= 11 is 3.00. The number of thiazole rings is 1. The molecule has 3 aromatic rings. The number of fused-ring (bicyclic) bond motifs is 1. The lowest BCUT2D eigenvalue weighted by Crippen LogP contribution is -2.22. The number of thiophene rings is 1. The van der Waals surface area contributed by atoms with E-state index in [0.717, 1.165) is 20.0 Å². The van der Waals surface area contributed by atoms with Gasteiger partial charge in [-0.3, -0.25) is 4.79 Å². The van der Waals surface area contributed by atoms with E-state index in [1.54, 1.807) is 17.5 Å². The Labute approximate surface area is 124 Å². The van der Waals surface area contributed by atoms with E-state index in [0.29, 0.717) is 17.1 Å². The highest BCUT2D eigenvalue weighted by Gasteiger charge is 2.16. The van der Waals surface area contributed by atoms with Crippen molar-refractivity contribution in [3.8, 4) is 0 Å². The molecule has 0 spiro atoms. The van der Waals surface area contributed by atoms with Gasteiger partial charge in [0.2, 0.25) is 0 Å².